The molecule has 0 N–H and O–H groups in total. The van der Waals surface area contributed by atoms with Gasteiger partial charge in [-0.15, -0.1) is 0 Å². The first kappa shape index (κ1) is 16.0. The van der Waals surface area contributed by atoms with Crippen LogP contribution in [0.2, 0.25) is 0 Å². The summed E-state index contributed by atoms with van der Waals surface area (Å²) >= 11 is 0.845. The van der Waals surface area contributed by atoms with Crippen molar-refractivity contribution in [3.05, 3.63) is 57.2 Å². The Bertz CT molecular complexity index is 871. The molecule has 0 bridgehead atoms. The van der Waals surface area contributed by atoms with Gasteiger partial charge < -0.3 is 4.42 Å². The van der Waals surface area contributed by atoms with Gasteiger partial charge in [-0.2, -0.15) is 0 Å². The molecule has 1 fully saturated rings. The minimum atomic E-state index is -0.482. The fraction of sp³-hybridized carbons (Fsp3) is 0.125. The molecule has 1 aromatic carbocycles. The highest BCUT2D eigenvalue weighted by Gasteiger charge is 2.34. The SMILES string of the molecule is CCN1C(=O)S/C(=C\c2ccc(-c3ccccc3[N+](=O)[O-])o2)C1=O. The molecule has 0 atom stereocenters. The van der Waals surface area contributed by atoms with Crippen LogP contribution in [0.4, 0.5) is 10.5 Å². The van der Waals surface area contributed by atoms with Gasteiger partial charge in [0.2, 0.25) is 0 Å². The predicted octanol–water partition coefficient (Wildman–Crippen LogP) is 3.91. The number of imide groups is 1. The Labute approximate surface area is 141 Å². The molecule has 0 radical (unpaired) electrons. The van der Waals surface area contributed by atoms with Crippen LogP contribution >= 0.6 is 11.8 Å². The lowest BCUT2D eigenvalue weighted by Crippen LogP contribution is -2.27. The number of nitro groups is 1. The molecule has 1 aliphatic heterocycles. The van der Waals surface area contributed by atoms with Crippen molar-refractivity contribution in [1.82, 2.24) is 4.90 Å². The zero-order valence-corrected chi connectivity index (χ0v) is 13.4. The van der Waals surface area contributed by atoms with Gasteiger partial charge in [-0.3, -0.25) is 24.6 Å². The number of thioether (sulfide) groups is 1. The highest BCUT2D eigenvalue weighted by Crippen LogP contribution is 2.34. The Balaban J connectivity index is 1.93. The number of hydrogen-bond donors (Lipinski definition) is 0. The molecule has 2 heterocycles. The maximum Gasteiger partial charge on any atom is 0.293 e. The second-order valence-electron chi connectivity index (χ2n) is 4.90. The molecule has 122 valence electrons. The average Bonchev–Trinajstić information content (AvgIpc) is 3.13. The summed E-state index contributed by atoms with van der Waals surface area (Å²) in [6, 6.07) is 9.43. The van der Waals surface area contributed by atoms with E-state index in [2.05, 4.69) is 0 Å². The van der Waals surface area contributed by atoms with Crippen LogP contribution in [0.5, 0.6) is 0 Å². The number of carbonyl (C=O) groups excluding carboxylic acids is 2. The number of likely N-dealkylation sites (N-methyl/N-ethyl adjacent to an activating group) is 1. The van der Waals surface area contributed by atoms with Crippen LogP contribution in [-0.2, 0) is 4.79 Å². The van der Waals surface area contributed by atoms with E-state index in [0.717, 1.165) is 16.7 Å². The number of nitrogens with zero attached hydrogens (tertiary/aromatic N) is 2. The molecule has 0 aliphatic carbocycles. The summed E-state index contributed by atoms with van der Waals surface area (Å²) in [6.45, 7) is 2.03. The highest BCUT2D eigenvalue weighted by atomic mass is 32.2. The molecule has 3 rings (SSSR count). The number of benzene rings is 1. The fourth-order valence-electron chi connectivity index (χ4n) is 2.32. The zero-order valence-electron chi connectivity index (χ0n) is 12.6. The number of hydrogen-bond acceptors (Lipinski definition) is 6. The van der Waals surface area contributed by atoms with Crippen LogP contribution in [0.25, 0.3) is 17.4 Å². The van der Waals surface area contributed by atoms with Crippen molar-refractivity contribution in [2.45, 2.75) is 6.92 Å². The van der Waals surface area contributed by atoms with Crippen LogP contribution in [0.3, 0.4) is 0 Å². The van der Waals surface area contributed by atoms with E-state index < -0.39 is 4.92 Å². The lowest BCUT2D eigenvalue weighted by molar-refractivity contribution is -0.384. The lowest BCUT2D eigenvalue weighted by atomic mass is 10.1. The third-order valence-electron chi connectivity index (χ3n) is 3.46. The van der Waals surface area contributed by atoms with E-state index in [0.29, 0.717) is 23.6 Å². The molecule has 1 aromatic heterocycles. The summed E-state index contributed by atoms with van der Waals surface area (Å²) in [5, 5.41) is 10.8. The van der Waals surface area contributed by atoms with Gasteiger partial charge >= 0.3 is 0 Å². The summed E-state index contributed by atoms with van der Waals surface area (Å²) in [6.07, 6.45) is 1.47. The largest absolute Gasteiger partial charge is 0.456 e. The van der Waals surface area contributed by atoms with Gasteiger partial charge in [0.05, 0.1) is 15.4 Å². The molecular weight excluding hydrogens is 332 g/mol. The second kappa shape index (κ2) is 6.32. The van der Waals surface area contributed by atoms with Gasteiger partial charge in [-0.25, -0.2) is 0 Å². The van der Waals surface area contributed by atoms with Crippen LogP contribution in [0.15, 0.2) is 45.7 Å². The zero-order chi connectivity index (χ0) is 17.3. The molecule has 7 nitrogen and oxygen atoms in total. The summed E-state index contributed by atoms with van der Waals surface area (Å²) in [4.78, 5) is 35.8. The Morgan fingerprint density at radius 2 is 2.00 bits per heavy atom. The smallest absolute Gasteiger partial charge is 0.293 e. The second-order valence-corrected chi connectivity index (χ2v) is 5.90. The van der Waals surface area contributed by atoms with Crippen molar-refractivity contribution in [3.8, 4) is 11.3 Å². The topological polar surface area (TPSA) is 93.7 Å². The molecular formula is C16H12N2O5S. The number of nitro benzene ring substituents is 1. The summed E-state index contributed by atoms with van der Waals surface area (Å²) in [7, 11) is 0. The minimum Gasteiger partial charge on any atom is -0.456 e. The molecule has 0 saturated carbocycles. The molecule has 2 aromatic rings. The number of amides is 2. The normalized spacial score (nSPS) is 16.2. The van der Waals surface area contributed by atoms with Crippen molar-refractivity contribution < 1.29 is 18.9 Å². The van der Waals surface area contributed by atoms with Gasteiger partial charge in [-0.1, -0.05) is 12.1 Å². The van der Waals surface area contributed by atoms with E-state index in [-0.39, 0.29) is 21.7 Å². The highest BCUT2D eigenvalue weighted by molar-refractivity contribution is 8.18. The third kappa shape index (κ3) is 2.83. The van der Waals surface area contributed by atoms with E-state index in [9.17, 15) is 19.7 Å². The number of para-hydroxylation sites is 1. The van der Waals surface area contributed by atoms with Gasteiger partial charge in [0.25, 0.3) is 16.8 Å². The lowest BCUT2D eigenvalue weighted by Gasteiger charge is -2.06. The van der Waals surface area contributed by atoms with Gasteiger partial charge in [-0.05, 0) is 36.9 Å². The van der Waals surface area contributed by atoms with Crippen molar-refractivity contribution in [3.63, 3.8) is 0 Å². The quantitative estimate of drug-likeness (QED) is 0.474. The van der Waals surface area contributed by atoms with E-state index in [1.165, 1.54) is 12.1 Å². The van der Waals surface area contributed by atoms with E-state index in [1.807, 2.05) is 0 Å². The minimum absolute atomic E-state index is 0.0651. The maximum atomic E-state index is 12.1. The van der Waals surface area contributed by atoms with Crippen LogP contribution in [0.1, 0.15) is 12.7 Å². The average molecular weight is 344 g/mol. The standard InChI is InChI=1S/C16H12N2O5S/c1-2-17-15(19)14(24-16(17)20)9-10-7-8-13(23-10)11-5-3-4-6-12(11)18(21)22/h3-9H,2H2,1H3/b14-9-. The van der Waals surface area contributed by atoms with Crippen molar-refractivity contribution in [2.75, 3.05) is 6.54 Å². The monoisotopic (exact) mass is 344 g/mol. The van der Waals surface area contributed by atoms with Crippen LogP contribution < -0.4 is 0 Å². The number of carbonyl (C=O) groups is 2. The first-order valence-electron chi connectivity index (χ1n) is 7.10. The molecule has 1 saturated heterocycles. The molecule has 2 amide bonds. The Morgan fingerprint density at radius 3 is 2.67 bits per heavy atom. The Morgan fingerprint density at radius 1 is 1.25 bits per heavy atom. The van der Waals surface area contributed by atoms with Gasteiger partial charge in [0.1, 0.15) is 11.5 Å². The Kier molecular flexibility index (Phi) is 4.22. The van der Waals surface area contributed by atoms with Crippen molar-refractivity contribution >= 4 is 34.7 Å². The summed E-state index contributed by atoms with van der Waals surface area (Å²) in [5.74, 6) is 0.309. The summed E-state index contributed by atoms with van der Waals surface area (Å²) in [5.41, 5.74) is 0.286. The first-order valence-corrected chi connectivity index (χ1v) is 7.92. The summed E-state index contributed by atoms with van der Waals surface area (Å²) < 4.78 is 5.60. The van der Waals surface area contributed by atoms with Crippen LogP contribution in [-0.4, -0.2) is 27.5 Å². The first-order chi connectivity index (χ1) is 11.5. The predicted molar refractivity (Wildman–Crippen MR) is 89.1 cm³/mol. The van der Waals surface area contributed by atoms with Gasteiger partial charge in [0, 0.05) is 18.7 Å². The fourth-order valence-corrected chi connectivity index (χ4v) is 3.20. The Hall–Kier alpha value is -2.87. The van der Waals surface area contributed by atoms with E-state index in [1.54, 1.807) is 37.3 Å². The van der Waals surface area contributed by atoms with E-state index >= 15 is 0 Å². The van der Waals surface area contributed by atoms with Crippen molar-refractivity contribution in [2.24, 2.45) is 0 Å². The number of furan rings is 1. The van der Waals surface area contributed by atoms with Crippen molar-refractivity contribution in [1.29, 1.82) is 0 Å². The van der Waals surface area contributed by atoms with Crippen LogP contribution in [0, 0.1) is 10.1 Å². The maximum absolute atomic E-state index is 12.1. The number of rotatable bonds is 4. The molecule has 8 heteroatoms. The third-order valence-corrected chi connectivity index (χ3v) is 4.36. The molecule has 0 unspecified atom stereocenters. The molecule has 1 aliphatic rings. The van der Waals surface area contributed by atoms with E-state index in [4.69, 9.17) is 4.42 Å². The molecule has 24 heavy (non-hydrogen) atoms. The molecule has 0 spiro atoms. The van der Waals surface area contributed by atoms with Gasteiger partial charge in [0.15, 0.2) is 0 Å².